The quantitative estimate of drug-likeness (QED) is 0.422. The van der Waals surface area contributed by atoms with E-state index in [1.807, 2.05) is 30.3 Å². The Labute approximate surface area is 190 Å². The molecule has 0 saturated heterocycles. The molecule has 0 aliphatic carbocycles. The van der Waals surface area contributed by atoms with E-state index in [1.165, 1.54) is 0 Å². The van der Waals surface area contributed by atoms with Crippen molar-refractivity contribution in [3.8, 4) is 5.75 Å². The fourth-order valence-corrected chi connectivity index (χ4v) is 3.14. The number of para-hydroxylation sites is 1. The van der Waals surface area contributed by atoms with E-state index >= 15 is 0 Å². The molecule has 166 valence electrons. The van der Waals surface area contributed by atoms with Crippen molar-refractivity contribution in [3.63, 3.8) is 0 Å². The summed E-state index contributed by atoms with van der Waals surface area (Å²) in [7, 11) is 3.49. The molecule has 0 saturated carbocycles. The largest absolute Gasteiger partial charge is 0.493 e. The summed E-state index contributed by atoms with van der Waals surface area (Å²) in [6, 6.07) is 14.8. The molecule has 2 amide bonds. The number of carbonyl (C=O) groups is 2. The zero-order valence-corrected chi connectivity index (χ0v) is 19.3. The number of amides is 2. The van der Waals surface area contributed by atoms with Crippen LogP contribution in [0.5, 0.6) is 5.75 Å². The predicted molar refractivity (Wildman–Crippen MR) is 129 cm³/mol. The van der Waals surface area contributed by atoms with Gasteiger partial charge in [0.25, 0.3) is 5.91 Å². The molecule has 2 aromatic rings. The highest BCUT2D eigenvalue weighted by molar-refractivity contribution is 7.80. The van der Waals surface area contributed by atoms with Crippen molar-refractivity contribution in [3.05, 3.63) is 59.7 Å². The summed E-state index contributed by atoms with van der Waals surface area (Å²) in [5.41, 5.74) is 2.21. The third-order valence-corrected chi connectivity index (χ3v) is 4.88. The number of benzene rings is 2. The lowest BCUT2D eigenvalue weighted by atomic mass is 10.1. The van der Waals surface area contributed by atoms with Crippen LogP contribution >= 0.6 is 12.2 Å². The topological polar surface area (TPSA) is 70.7 Å². The molecule has 0 aliphatic heterocycles. The van der Waals surface area contributed by atoms with Gasteiger partial charge in [-0.3, -0.25) is 14.9 Å². The molecular formula is C24H31N3O3S. The number of hydrogen-bond acceptors (Lipinski definition) is 4. The fraction of sp³-hybridized carbons (Fsp3) is 0.375. The third kappa shape index (κ3) is 8.38. The fourth-order valence-electron chi connectivity index (χ4n) is 2.93. The average Bonchev–Trinajstić information content (AvgIpc) is 2.75. The number of ether oxygens (including phenoxy) is 1. The van der Waals surface area contributed by atoms with Gasteiger partial charge in [0.1, 0.15) is 5.75 Å². The summed E-state index contributed by atoms with van der Waals surface area (Å²) in [4.78, 5) is 26.1. The van der Waals surface area contributed by atoms with Crippen molar-refractivity contribution >= 4 is 34.8 Å². The molecule has 6 nitrogen and oxygen atoms in total. The number of carbonyl (C=O) groups excluding carboxylic acids is 2. The van der Waals surface area contributed by atoms with E-state index in [-0.39, 0.29) is 16.9 Å². The Morgan fingerprint density at radius 2 is 1.84 bits per heavy atom. The van der Waals surface area contributed by atoms with Crippen LogP contribution in [-0.4, -0.2) is 42.5 Å². The van der Waals surface area contributed by atoms with Gasteiger partial charge in [-0.25, -0.2) is 0 Å². The van der Waals surface area contributed by atoms with Gasteiger partial charge in [-0.1, -0.05) is 44.0 Å². The van der Waals surface area contributed by atoms with Gasteiger partial charge in [0.15, 0.2) is 5.11 Å². The van der Waals surface area contributed by atoms with Crippen LogP contribution in [0.4, 0.5) is 5.69 Å². The molecule has 0 bridgehead atoms. The monoisotopic (exact) mass is 441 g/mol. The zero-order chi connectivity index (χ0) is 22.6. The SMILES string of the molecule is CCCCCOc1ccccc1C(=O)NC(=S)Nc1cccc(CCC(=O)N(C)C)c1. The normalized spacial score (nSPS) is 10.3. The Hall–Kier alpha value is -2.93. The second kappa shape index (κ2) is 12.7. The van der Waals surface area contributed by atoms with Gasteiger partial charge < -0.3 is 15.0 Å². The van der Waals surface area contributed by atoms with Crippen LogP contribution in [0.15, 0.2) is 48.5 Å². The minimum absolute atomic E-state index is 0.0803. The molecule has 7 heteroatoms. The molecule has 2 aromatic carbocycles. The van der Waals surface area contributed by atoms with E-state index in [1.54, 1.807) is 37.2 Å². The van der Waals surface area contributed by atoms with Crippen molar-refractivity contribution in [2.24, 2.45) is 0 Å². The maximum atomic E-state index is 12.7. The predicted octanol–water partition coefficient (Wildman–Crippen LogP) is 4.40. The highest BCUT2D eigenvalue weighted by Gasteiger charge is 2.14. The van der Waals surface area contributed by atoms with Crippen molar-refractivity contribution in [1.82, 2.24) is 10.2 Å². The first-order valence-corrected chi connectivity index (χ1v) is 10.9. The van der Waals surface area contributed by atoms with Gasteiger partial charge in [0, 0.05) is 26.2 Å². The van der Waals surface area contributed by atoms with Crippen molar-refractivity contribution in [2.45, 2.75) is 39.0 Å². The van der Waals surface area contributed by atoms with Crippen molar-refractivity contribution < 1.29 is 14.3 Å². The number of hydrogen-bond donors (Lipinski definition) is 2. The Balaban J connectivity index is 1.93. The van der Waals surface area contributed by atoms with Gasteiger partial charge in [-0.15, -0.1) is 0 Å². The van der Waals surface area contributed by atoms with E-state index in [2.05, 4.69) is 17.6 Å². The summed E-state index contributed by atoms with van der Waals surface area (Å²) >= 11 is 5.32. The molecule has 0 atom stereocenters. The van der Waals surface area contributed by atoms with E-state index in [9.17, 15) is 9.59 Å². The third-order valence-electron chi connectivity index (χ3n) is 4.68. The lowest BCUT2D eigenvalue weighted by Crippen LogP contribution is -2.34. The number of anilines is 1. The summed E-state index contributed by atoms with van der Waals surface area (Å²) in [6.07, 6.45) is 4.22. The van der Waals surface area contributed by atoms with Crippen molar-refractivity contribution in [2.75, 3.05) is 26.0 Å². The lowest BCUT2D eigenvalue weighted by molar-refractivity contribution is -0.128. The second-order valence-corrected chi connectivity index (χ2v) is 7.86. The molecule has 0 aliphatic rings. The van der Waals surface area contributed by atoms with Crippen LogP contribution < -0.4 is 15.4 Å². The van der Waals surface area contributed by atoms with E-state index < -0.39 is 0 Å². The minimum Gasteiger partial charge on any atom is -0.493 e. The van der Waals surface area contributed by atoms with Crippen LogP contribution in [0.25, 0.3) is 0 Å². The Morgan fingerprint density at radius 3 is 2.58 bits per heavy atom. The zero-order valence-electron chi connectivity index (χ0n) is 18.4. The first kappa shape index (κ1) is 24.3. The number of unbranched alkanes of at least 4 members (excludes halogenated alkanes) is 2. The molecule has 0 heterocycles. The van der Waals surface area contributed by atoms with Gasteiger partial charge in [0.2, 0.25) is 5.91 Å². The number of nitrogens with one attached hydrogen (secondary N) is 2. The molecule has 0 spiro atoms. The van der Waals surface area contributed by atoms with Crippen LogP contribution in [-0.2, 0) is 11.2 Å². The number of nitrogens with zero attached hydrogens (tertiary/aromatic N) is 1. The average molecular weight is 442 g/mol. The van der Waals surface area contributed by atoms with Gasteiger partial charge in [-0.05, 0) is 54.9 Å². The Kier molecular flexibility index (Phi) is 9.97. The van der Waals surface area contributed by atoms with Gasteiger partial charge >= 0.3 is 0 Å². The summed E-state index contributed by atoms with van der Waals surface area (Å²) < 4.78 is 5.78. The Bertz CT molecular complexity index is 899. The van der Waals surface area contributed by atoms with Gasteiger partial charge in [0.05, 0.1) is 12.2 Å². The Morgan fingerprint density at radius 1 is 1.06 bits per heavy atom. The molecule has 2 N–H and O–H groups in total. The van der Waals surface area contributed by atoms with Gasteiger partial charge in [-0.2, -0.15) is 0 Å². The smallest absolute Gasteiger partial charge is 0.261 e. The molecule has 0 unspecified atom stereocenters. The standard InChI is InChI=1S/C24H31N3O3S/c1-4-5-8-16-30-21-13-7-6-12-20(21)23(29)26-24(31)25-19-11-9-10-18(17-19)14-15-22(28)27(2)3/h6-7,9-13,17H,4-5,8,14-16H2,1-3H3,(H2,25,26,29,31). The van der Waals surface area contributed by atoms with E-state index in [0.29, 0.717) is 30.8 Å². The van der Waals surface area contributed by atoms with Crippen LogP contribution in [0, 0.1) is 0 Å². The summed E-state index contributed by atoms with van der Waals surface area (Å²) in [6.45, 7) is 2.71. The van der Waals surface area contributed by atoms with Crippen LogP contribution in [0.3, 0.4) is 0 Å². The lowest BCUT2D eigenvalue weighted by Gasteiger charge is -2.14. The molecule has 0 aromatic heterocycles. The number of aryl methyl sites for hydroxylation is 1. The van der Waals surface area contributed by atoms with Crippen LogP contribution in [0.2, 0.25) is 0 Å². The minimum atomic E-state index is -0.323. The maximum absolute atomic E-state index is 12.7. The molecule has 0 fully saturated rings. The van der Waals surface area contributed by atoms with E-state index in [4.69, 9.17) is 17.0 Å². The van der Waals surface area contributed by atoms with Crippen molar-refractivity contribution in [1.29, 1.82) is 0 Å². The molecule has 0 radical (unpaired) electrons. The molecular weight excluding hydrogens is 410 g/mol. The van der Waals surface area contributed by atoms with Crippen LogP contribution in [0.1, 0.15) is 48.5 Å². The molecule has 31 heavy (non-hydrogen) atoms. The first-order chi connectivity index (χ1) is 14.9. The number of thiocarbonyl (C=S) groups is 1. The highest BCUT2D eigenvalue weighted by Crippen LogP contribution is 2.19. The maximum Gasteiger partial charge on any atom is 0.261 e. The summed E-state index contributed by atoms with van der Waals surface area (Å²) in [5.74, 6) is 0.305. The second-order valence-electron chi connectivity index (χ2n) is 7.45. The molecule has 2 rings (SSSR count). The van der Waals surface area contributed by atoms with E-state index in [0.717, 1.165) is 30.5 Å². The first-order valence-electron chi connectivity index (χ1n) is 10.5. The highest BCUT2D eigenvalue weighted by atomic mass is 32.1. The summed E-state index contributed by atoms with van der Waals surface area (Å²) in [5, 5.41) is 5.95. The number of rotatable bonds is 10.